The quantitative estimate of drug-likeness (QED) is 0.592. The number of hydrogen-bond donors (Lipinski definition) is 1. The molecular weight excluding hydrogens is 420 g/mol. The average Bonchev–Trinajstić information content (AvgIpc) is 2.74. The molecule has 2 saturated carbocycles. The van der Waals surface area contributed by atoms with Gasteiger partial charge in [0.25, 0.3) is 0 Å². The molecule has 3 fully saturated rings. The Morgan fingerprint density at radius 3 is 2.36 bits per heavy atom. The summed E-state index contributed by atoms with van der Waals surface area (Å²) in [5.74, 6) is 0.898. The Labute approximate surface area is 179 Å². The molecule has 6 heteroatoms. The molecule has 0 spiro atoms. The van der Waals surface area contributed by atoms with Gasteiger partial charge in [0, 0.05) is 38.4 Å². The van der Waals surface area contributed by atoms with Crippen LogP contribution in [0.15, 0.2) is 0 Å². The van der Waals surface area contributed by atoms with Gasteiger partial charge >= 0.3 is 0 Å². The molecule has 0 unspecified atom stereocenters. The predicted octanol–water partition coefficient (Wildman–Crippen LogP) is 3.57. The number of likely N-dealkylation sites (tertiary alicyclic amines) is 1. The summed E-state index contributed by atoms with van der Waals surface area (Å²) in [5, 5.41) is 10.9. The Morgan fingerprint density at radius 1 is 1.07 bits per heavy atom. The standard InChI is InChI=1S/C22H39BrN2O3/c1-2-28-16-17-7-9-18(10-8-17)24-13-11-19(12-14-24)25(22(27)15-23)20-5-3-4-6-21(20)26/h17-21,26H,2-16H2,1H3/t17?,18?,20-,21-/m1/s1. The van der Waals surface area contributed by atoms with Gasteiger partial charge in [0.1, 0.15) is 0 Å². The maximum atomic E-state index is 12.7. The van der Waals surface area contributed by atoms with Crippen LogP contribution in [0.2, 0.25) is 0 Å². The number of rotatable bonds is 7. The monoisotopic (exact) mass is 458 g/mol. The lowest BCUT2D eigenvalue weighted by molar-refractivity contribution is -0.139. The van der Waals surface area contributed by atoms with Gasteiger partial charge in [0.05, 0.1) is 17.5 Å². The summed E-state index contributed by atoms with van der Waals surface area (Å²) in [4.78, 5) is 17.4. The van der Waals surface area contributed by atoms with Crippen molar-refractivity contribution < 1.29 is 14.6 Å². The number of alkyl halides is 1. The minimum Gasteiger partial charge on any atom is -0.391 e. The Bertz CT molecular complexity index is 476. The van der Waals surface area contributed by atoms with E-state index < -0.39 is 0 Å². The summed E-state index contributed by atoms with van der Waals surface area (Å²) < 4.78 is 5.62. The smallest absolute Gasteiger partial charge is 0.233 e. The lowest BCUT2D eigenvalue weighted by Crippen LogP contribution is -2.57. The largest absolute Gasteiger partial charge is 0.391 e. The zero-order valence-electron chi connectivity index (χ0n) is 17.5. The van der Waals surface area contributed by atoms with Gasteiger partial charge in [0.2, 0.25) is 5.91 Å². The van der Waals surface area contributed by atoms with Crippen molar-refractivity contribution in [3.8, 4) is 0 Å². The van der Waals surface area contributed by atoms with Crippen LogP contribution in [0.3, 0.4) is 0 Å². The highest BCUT2D eigenvalue weighted by atomic mass is 79.9. The lowest BCUT2D eigenvalue weighted by Gasteiger charge is -2.47. The van der Waals surface area contributed by atoms with E-state index in [4.69, 9.17) is 4.74 Å². The number of amides is 1. The number of nitrogens with zero attached hydrogens (tertiary/aromatic N) is 2. The molecule has 0 bridgehead atoms. The third kappa shape index (κ3) is 5.71. The van der Waals surface area contributed by atoms with Crippen LogP contribution in [-0.4, -0.2) is 76.7 Å². The van der Waals surface area contributed by atoms with Gasteiger partial charge in [-0.15, -0.1) is 0 Å². The van der Waals surface area contributed by atoms with E-state index in [0.717, 1.165) is 70.7 Å². The molecule has 1 heterocycles. The highest BCUT2D eigenvalue weighted by Gasteiger charge is 2.38. The molecule has 2 aliphatic carbocycles. The SMILES string of the molecule is CCOCC1CCC(N2CCC(N(C(=O)CBr)[C@@H]3CCCC[C@H]3O)CC2)CC1. The summed E-state index contributed by atoms with van der Waals surface area (Å²) in [7, 11) is 0. The lowest BCUT2D eigenvalue weighted by atomic mass is 9.84. The summed E-state index contributed by atoms with van der Waals surface area (Å²) in [5.41, 5.74) is 0. The van der Waals surface area contributed by atoms with Gasteiger partial charge in [-0.25, -0.2) is 0 Å². The molecule has 0 radical (unpaired) electrons. The van der Waals surface area contributed by atoms with Crippen molar-refractivity contribution >= 4 is 21.8 Å². The van der Waals surface area contributed by atoms with E-state index in [1.54, 1.807) is 0 Å². The zero-order valence-corrected chi connectivity index (χ0v) is 19.1. The molecule has 1 amide bonds. The third-order valence-electron chi connectivity index (χ3n) is 7.24. The molecule has 2 atom stereocenters. The molecule has 0 aromatic rings. The molecule has 5 nitrogen and oxygen atoms in total. The Kier molecular flexibility index (Phi) is 9.07. The summed E-state index contributed by atoms with van der Waals surface area (Å²) in [6, 6.07) is 1.01. The number of halogens is 1. The molecule has 162 valence electrons. The van der Waals surface area contributed by atoms with Crippen LogP contribution < -0.4 is 0 Å². The van der Waals surface area contributed by atoms with Crippen LogP contribution >= 0.6 is 15.9 Å². The summed E-state index contributed by atoms with van der Waals surface area (Å²) in [6.07, 6.45) is 10.9. The first-order valence-electron chi connectivity index (χ1n) is 11.5. The minimum atomic E-state index is -0.351. The number of aliphatic hydroxyl groups excluding tert-OH is 1. The van der Waals surface area contributed by atoms with Gasteiger partial charge in [-0.05, 0) is 64.2 Å². The first kappa shape index (κ1) is 22.5. The van der Waals surface area contributed by atoms with Crippen LogP contribution in [0.25, 0.3) is 0 Å². The first-order valence-corrected chi connectivity index (χ1v) is 12.6. The topological polar surface area (TPSA) is 53.0 Å². The van der Waals surface area contributed by atoms with Gasteiger partial charge in [-0.2, -0.15) is 0 Å². The van der Waals surface area contributed by atoms with E-state index >= 15 is 0 Å². The van der Waals surface area contributed by atoms with Crippen molar-refractivity contribution in [2.24, 2.45) is 5.92 Å². The number of carbonyl (C=O) groups is 1. The Hall–Kier alpha value is -0.170. The second kappa shape index (κ2) is 11.3. The second-order valence-electron chi connectivity index (χ2n) is 8.95. The molecule has 3 rings (SSSR count). The first-order chi connectivity index (χ1) is 13.6. The van der Waals surface area contributed by atoms with Crippen LogP contribution in [0.1, 0.15) is 71.1 Å². The van der Waals surface area contributed by atoms with E-state index in [-0.39, 0.29) is 24.1 Å². The van der Waals surface area contributed by atoms with Crippen molar-refractivity contribution in [3.05, 3.63) is 0 Å². The van der Waals surface area contributed by atoms with Crippen molar-refractivity contribution in [3.63, 3.8) is 0 Å². The number of hydrogen-bond acceptors (Lipinski definition) is 4. The fourth-order valence-corrected chi connectivity index (χ4v) is 5.92. The molecular formula is C22H39BrN2O3. The number of ether oxygens (including phenoxy) is 1. The Balaban J connectivity index is 1.51. The number of carbonyl (C=O) groups excluding carboxylic acids is 1. The molecule has 1 N–H and O–H groups in total. The third-order valence-corrected chi connectivity index (χ3v) is 7.72. The average molecular weight is 459 g/mol. The molecule has 1 saturated heterocycles. The van der Waals surface area contributed by atoms with Gasteiger partial charge in [-0.3, -0.25) is 4.79 Å². The van der Waals surface area contributed by atoms with Crippen molar-refractivity contribution in [2.45, 2.75) is 95.4 Å². The maximum Gasteiger partial charge on any atom is 0.233 e. The van der Waals surface area contributed by atoms with Gasteiger partial charge < -0.3 is 19.6 Å². The van der Waals surface area contributed by atoms with E-state index in [1.807, 2.05) is 0 Å². The predicted molar refractivity (Wildman–Crippen MR) is 116 cm³/mol. The summed E-state index contributed by atoms with van der Waals surface area (Å²) >= 11 is 3.37. The van der Waals surface area contributed by atoms with E-state index in [1.165, 1.54) is 25.7 Å². The fraction of sp³-hybridized carbons (Fsp3) is 0.955. The normalized spacial score (nSPS) is 33.0. The van der Waals surface area contributed by atoms with Crippen LogP contribution in [-0.2, 0) is 9.53 Å². The fourth-order valence-electron chi connectivity index (χ4n) is 5.63. The molecule has 0 aromatic heterocycles. The van der Waals surface area contributed by atoms with E-state index in [0.29, 0.717) is 11.4 Å². The highest BCUT2D eigenvalue weighted by molar-refractivity contribution is 9.09. The second-order valence-corrected chi connectivity index (χ2v) is 9.52. The molecule has 3 aliphatic rings. The zero-order chi connectivity index (χ0) is 19.9. The molecule has 28 heavy (non-hydrogen) atoms. The molecule has 1 aliphatic heterocycles. The summed E-state index contributed by atoms with van der Waals surface area (Å²) in [6.45, 7) is 6.00. The number of aliphatic hydroxyl groups is 1. The van der Waals surface area contributed by atoms with Crippen LogP contribution in [0.5, 0.6) is 0 Å². The minimum absolute atomic E-state index is 0.0179. The van der Waals surface area contributed by atoms with Crippen molar-refractivity contribution in [1.29, 1.82) is 0 Å². The van der Waals surface area contributed by atoms with Crippen molar-refractivity contribution in [2.75, 3.05) is 31.6 Å². The van der Waals surface area contributed by atoms with Crippen LogP contribution in [0, 0.1) is 5.92 Å². The van der Waals surface area contributed by atoms with Crippen molar-refractivity contribution in [1.82, 2.24) is 9.80 Å². The highest BCUT2D eigenvalue weighted by Crippen LogP contribution is 2.32. The number of piperidine rings is 1. The van der Waals surface area contributed by atoms with Gasteiger partial charge in [-0.1, -0.05) is 28.8 Å². The van der Waals surface area contributed by atoms with Gasteiger partial charge in [0.15, 0.2) is 0 Å². The molecule has 0 aromatic carbocycles. The van der Waals surface area contributed by atoms with Crippen LogP contribution in [0.4, 0.5) is 0 Å². The van der Waals surface area contributed by atoms with E-state index in [9.17, 15) is 9.90 Å². The van der Waals surface area contributed by atoms with E-state index in [2.05, 4.69) is 32.7 Å². The Morgan fingerprint density at radius 2 is 1.75 bits per heavy atom. The maximum absolute atomic E-state index is 12.7.